The zero-order chi connectivity index (χ0) is 15.6. The Morgan fingerprint density at radius 3 is 2.52 bits per heavy atom. The molecule has 7 heteroatoms. The van der Waals surface area contributed by atoms with E-state index in [0.29, 0.717) is 0 Å². The van der Waals surface area contributed by atoms with Crippen LogP contribution in [0, 0.1) is 13.8 Å². The van der Waals surface area contributed by atoms with Crippen LogP contribution >= 0.6 is 0 Å². The quantitative estimate of drug-likeness (QED) is 0.946. The number of aromatic nitrogens is 2. The van der Waals surface area contributed by atoms with Crippen molar-refractivity contribution < 1.29 is 18.0 Å². The first-order valence-electron chi connectivity index (χ1n) is 6.24. The summed E-state index contributed by atoms with van der Waals surface area (Å²) in [7, 11) is 0. The van der Waals surface area contributed by atoms with E-state index in [0.717, 1.165) is 17.5 Å². The van der Waals surface area contributed by atoms with Crippen LogP contribution in [-0.2, 0) is 17.5 Å². The van der Waals surface area contributed by atoms with Crippen molar-refractivity contribution in [3.63, 3.8) is 0 Å². The van der Waals surface area contributed by atoms with Crippen molar-refractivity contribution in [2.75, 3.05) is 5.32 Å². The summed E-state index contributed by atoms with van der Waals surface area (Å²) >= 11 is 0. The Hall–Kier alpha value is -2.31. The van der Waals surface area contributed by atoms with Crippen molar-refractivity contribution in [2.24, 2.45) is 0 Å². The van der Waals surface area contributed by atoms with Gasteiger partial charge >= 0.3 is 6.18 Å². The fraction of sp³-hybridized carbons (Fsp3) is 0.286. The summed E-state index contributed by atoms with van der Waals surface area (Å²) in [5, 5.41) is 6.38. The molecule has 0 aliphatic carbocycles. The molecule has 2 rings (SSSR count). The molecule has 21 heavy (non-hydrogen) atoms. The molecular formula is C14H14F3N3O. The number of benzene rings is 1. The molecule has 1 aromatic heterocycles. The lowest BCUT2D eigenvalue weighted by Crippen LogP contribution is -2.22. The molecule has 0 aliphatic heterocycles. The smallest absolute Gasteiger partial charge is 0.324 e. The van der Waals surface area contributed by atoms with E-state index in [1.165, 1.54) is 22.9 Å². The molecule has 1 heterocycles. The summed E-state index contributed by atoms with van der Waals surface area (Å²) in [5.74, 6) is -0.558. The Kier molecular flexibility index (Phi) is 4.02. The van der Waals surface area contributed by atoms with E-state index in [1.807, 2.05) is 0 Å². The lowest BCUT2D eigenvalue weighted by atomic mass is 10.1. The predicted octanol–water partition coefficient (Wildman–Crippen LogP) is 3.16. The van der Waals surface area contributed by atoms with Gasteiger partial charge in [-0.05, 0) is 32.0 Å². The lowest BCUT2D eigenvalue weighted by molar-refractivity contribution is -0.137. The monoisotopic (exact) mass is 297 g/mol. The first-order valence-corrected chi connectivity index (χ1v) is 6.24. The molecule has 0 aliphatic rings. The van der Waals surface area contributed by atoms with Gasteiger partial charge in [-0.3, -0.25) is 9.48 Å². The van der Waals surface area contributed by atoms with Gasteiger partial charge in [0.05, 0.1) is 16.9 Å². The third kappa shape index (κ3) is 3.62. The van der Waals surface area contributed by atoms with Crippen molar-refractivity contribution in [2.45, 2.75) is 26.6 Å². The summed E-state index contributed by atoms with van der Waals surface area (Å²) < 4.78 is 39.9. The highest BCUT2D eigenvalue weighted by atomic mass is 19.4. The Morgan fingerprint density at radius 2 is 1.95 bits per heavy atom. The zero-order valence-corrected chi connectivity index (χ0v) is 11.5. The summed E-state index contributed by atoms with van der Waals surface area (Å²) in [6.45, 7) is 3.42. The number of carbonyl (C=O) groups excluding carboxylic acids is 1. The number of aryl methyl sites for hydroxylation is 2. The normalized spacial score (nSPS) is 11.5. The number of halogens is 3. The van der Waals surface area contributed by atoms with Crippen LogP contribution in [0.25, 0.3) is 0 Å². The van der Waals surface area contributed by atoms with E-state index in [1.54, 1.807) is 19.9 Å². The van der Waals surface area contributed by atoms with Gasteiger partial charge in [-0.15, -0.1) is 0 Å². The van der Waals surface area contributed by atoms with Gasteiger partial charge in [0.15, 0.2) is 0 Å². The molecule has 0 bridgehead atoms. The number of carbonyl (C=O) groups is 1. The molecule has 0 unspecified atom stereocenters. The Balaban J connectivity index is 2.15. The van der Waals surface area contributed by atoms with Crippen LogP contribution in [0.5, 0.6) is 0 Å². The molecule has 2 aromatic rings. The summed E-state index contributed by atoms with van der Waals surface area (Å²) in [6.07, 6.45) is -4.51. The van der Waals surface area contributed by atoms with E-state index in [4.69, 9.17) is 0 Å². The molecule has 0 saturated carbocycles. The third-order valence-electron chi connectivity index (χ3n) is 2.90. The second-order valence-corrected chi connectivity index (χ2v) is 4.68. The molecule has 1 aromatic carbocycles. The van der Waals surface area contributed by atoms with Crippen LogP contribution in [-0.4, -0.2) is 15.7 Å². The Morgan fingerprint density at radius 1 is 1.29 bits per heavy atom. The zero-order valence-electron chi connectivity index (χ0n) is 11.5. The van der Waals surface area contributed by atoms with Gasteiger partial charge < -0.3 is 5.32 Å². The lowest BCUT2D eigenvalue weighted by Gasteiger charge is -2.13. The van der Waals surface area contributed by atoms with Gasteiger partial charge in [-0.25, -0.2) is 0 Å². The number of hydrogen-bond acceptors (Lipinski definition) is 2. The predicted molar refractivity (Wildman–Crippen MR) is 71.8 cm³/mol. The first-order chi connectivity index (χ1) is 9.77. The van der Waals surface area contributed by atoms with E-state index < -0.39 is 17.6 Å². The van der Waals surface area contributed by atoms with Crippen LogP contribution in [0.1, 0.15) is 17.0 Å². The number of para-hydroxylation sites is 1. The molecule has 0 fully saturated rings. The molecule has 112 valence electrons. The van der Waals surface area contributed by atoms with Crippen molar-refractivity contribution in [1.29, 1.82) is 0 Å². The molecule has 4 nitrogen and oxygen atoms in total. The van der Waals surface area contributed by atoms with Crippen LogP contribution < -0.4 is 5.32 Å². The number of amides is 1. The highest BCUT2D eigenvalue weighted by molar-refractivity contribution is 5.91. The molecule has 1 amide bonds. The van der Waals surface area contributed by atoms with Crippen LogP contribution in [0.4, 0.5) is 18.9 Å². The molecular weight excluding hydrogens is 283 g/mol. The van der Waals surface area contributed by atoms with Crippen LogP contribution in [0.3, 0.4) is 0 Å². The van der Waals surface area contributed by atoms with Crippen molar-refractivity contribution in [1.82, 2.24) is 9.78 Å². The van der Waals surface area contributed by atoms with E-state index in [9.17, 15) is 18.0 Å². The Labute approximate surface area is 119 Å². The van der Waals surface area contributed by atoms with E-state index >= 15 is 0 Å². The largest absolute Gasteiger partial charge is 0.418 e. The summed E-state index contributed by atoms with van der Waals surface area (Å²) in [5.41, 5.74) is 0.394. The number of nitrogens with one attached hydrogen (secondary N) is 1. The maximum Gasteiger partial charge on any atom is 0.418 e. The van der Waals surface area contributed by atoms with Crippen molar-refractivity contribution >= 4 is 11.6 Å². The highest BCUT2D eigenvalue weighted by Crippen LogP contribution is 2.34. The van der Waals surface area contributed by atoms with Crippen LogP contribution in [0.2, 0.25) is 0 Å². The van der Waals surface area contributed by atoms with Gasteiger partial charge in [-0.1, -0.05) is 12.1 Å². The topological polar surface area (TPSA) is 46.9 Å². The number of alkyl halides is 3. The SMILES string of the molecule is Cc1cc(C)n(CC(=O)Nc2ccccc2C(F)(F)F)n1. The van der Waals surface area contributed by atoms with Crippen LogP contribution in [0.15, 0.2) is 30.3 Å². The maximum atomic E-state index is 12.8. The summed E-state index contributed by atoms with van der Waals surface area (Å²) in [4.78, 5) is 11.9. The second-order valence-electron chi connectivity index (χ2n) is 4.68. The molecule has 0 atom stereocenters. The van der Waals surface area contributed by atoms with E-state index in [2.05, 4.69) is 10.4 Å². The van der Waals surface area contributed by atoms with Gasteiger partial charge in [0.1, 0.15) is 6.54 Å². The Bertz CT molecular complexity index is 662. The fourth-order valence-corrected chi connectivity index (χ4v) is 2.00. The minimum Gasteiger partial charge on any atom is -0.324 e. The number of nitrogens with zero attached hydrogens (tertiary/aromatic N) is 2. The minimum absolute atomic E-state index is 0.133. The van der Waals surface area contributed by atoms with Gasteiger partial charge in [0, 0.05) is 5.69 Å². The fourth-order valence-electron chi connectivity index (χ4n) is 2.00. The molecule has 0 radical (unpaired) electrons. The standard InChI is InChI=1S/C14H14F3N3O/c1-9-7-10(2)20(19-9)8-13(21)18-12-6-4-3-5-11(12)14(15,16)17/h3-7H,8H2,1-2H3,(H,18,21). The molecule has 0 saturated heterocycles. The molecule has 0 spiro atoms. The van der Waals surface area contributed by atoms with Gasteiger partial charge in [0.2, 0.25) is 5.91 Å². The number of rotatable bonds is 3. The van der Waals surface area contributed by atoms with Gasteiger partial charge in [-0.2, -0.15) is 18.3 Å². The average molecular weight is 297 g/mol. The van der Waals surface area contributed by atoms with Gasteiger partial charge in [0.25, 0.3) is 0 Å². The average Bonchev–Trinajstić information content (AvgIpc) is 2.67. The highest BCUT2D eigenvalue weighted by Gasteiger charge is 2.33. The molecule has 1 N–H and O–H groups in total. The van der Waals surface area contributed by atoms with Crippen molar-refractivity contribution in [3.05, 3.63) is 47.3 Å². The number of anilines is 1. The third-order valence-corrected chi connectivity index (χ3v) is 2.90. The minimum atomic E-state index is -4.51. The van der Waals surface area contributed by atoms with Crippen molar-refractivity contribution in [3.8, 4) is 0 Å². The maximum absolute atomic E-state index is 12.8. The van der Waals surface area contributed by atoms with E-state index in [-0.39, 0.29) is 12.2 Å². The summed E-state index contributed by atoms with van der Waals surface area (Å²) in [6, 6.07) is 6.66. The second kappa shape index (κ2) is 5.59. The first kappa shape index (κ1) is 15.1. The number of hydrogen-bond donors (Lipinski definition) is 1.